The summed E-state index contributed by atoms with van der Waals surface area (Å²) in [5.41, 5.74) is -0.510. The van der Waals surface area contributed by atoms with E-state index in [0.717, 1.165) is 31.9 Å². The lowest BCUT2D eigenvalue weighted by Gasteiger charge is -2.32. The lowest BCUT2D eigenvalue weighted by molar-refractivity contribution is -0.157. The standard InChI is InChI=1S/C29H38ClFN4O6/c1-16(36)41-25(28(40)35-29(2,3)4)22(14-19-11-12-32-26(19)38)34-27(39)23(13-17-5-6-17)33-24(37)10-8-18-7-9-20(30)15-21(18)31/h7-10,15,17,19,22-23,25H,5-6,11-14H2,1-4H3,(H,32,38)(H,33,37)(H,34,39)(H,35,40)/b10-8+/t19-,22?,23?,25?/m0/s1. The van der Waals surface area contributed by atoms with Crippen LogP contribution in [0.5, 0.6) is 0 Å². The van der Waals surface area contributed by atoms with Crippen molar-refractivity contribution in [1.82, 2.24) is 21.3 Å². The molecule has 10 nitrogen and oxygen atoms in total. The number of hydrogen-bond donors (Lipinski definition) is 4. The van der Waals surface area contributed by atoms with Crippen molar-refractivity contribution in [3.8, 4) is 0 Å². The summed E-state index contributed by atoms with van der Waals surface area (Å²) in [6.07, 6.45) is 3.70. The van der Waals surface area contributed by atoms with Gasteiger partial charge in [-0.15, -0.1) is 0 Å². The summed E-state index contributed by atoms with van der Waals surface area (Å²) in [4.78, 5) is 63.9. The molecule has 224 valence electrons. The molecule has 0 spiro atoms. The van der Waals surface area contributed by atoms with Gasteiger partial charge in [0.1, 0.15) is 11.9 Å². The highest BCUT2D eigenvalue weighted by Gasteiger charge is 2.40. The van der Waals surface area contributed by atoms with Crippen LogP contribution in [0.2, 0.25) is 5.02 Å². The Morgan fingerprint density at radius 1 is 1.12 bits per heavy atom. The monoisotopic (exact) mass is 592 g/mol. The summed E-state index contributed by atoms with van der Waals surface area (Å²) in [6, 6.07) is 2.03. The molecule has 2 fully saturated rings. The highest BCUT2D eigenvalue weighted by atomic mass is 35.5. The first-order chi connectivity index (χ1) is 19.2. The molecule has 4 N–H and O–H groups in total. The van der Waals surface area contributed by atoms with Crippen molar-refractivity contribution in [3.63, 3.8) is 0 Å². The predicted molar refractivity (Wildman–Crippen MR) is 151 cm³/mol. The van der Waals surface area contributed by atoms with Crippen LogP contribution in [0.3, 0.4) is 0 Å². The fraction of sp³-hybridized carbons (Fsp3) is 0.552. The van der Waals surface area contributed by atoms with Gasteiger partial charge >= 0.3 is 5.97 Å². The minimum atomic E-state index is -1.41. The first-order valence-electron chi connectivity index (χ1n) is 13.7. The molecule has 3 unspecified atom stereocenters. The van der Waals surface area contributed by atoms with Crippen LogP contribution >= 0.6 is 11.6 Å². The van der Waals surface area contributed by atoms with E-state index >= 15 is 0 Å². The SMILES string of the molecule is CC(=O)OC(C(=O)NC(C)(C)C)C(C[C@@H]1CCNC1=O)NC(=O)C(CC1CC1)NC(=O)/C=C/c1ccc(Cl)cc1F. The molecule has 1 saturated carbocycles. The molecule has 1 heterocycles. The van der Waals surface area contributed by atoms with Gasteiger partial charge in [0.15, 0.2) is 6.10 Å². The number of esters is 1. The van der Waals surface area contributed by atoms with Crippen LogP contribution in [-0.2, 0) is 28.7 Å². The summed E-state index contributed by atoms with van der Waals surface area (Å²) in [6.45, 7) is 6.90. The first kappa shape index (κ1) is 32.0. The van der Waals surface area contributed by atoms with Gasteiger partial charge in [-0.1, -0.05) is 30.5 Å². The Hall–Kier alpha value is -3.47. The predicted octanol–water partition coefficient (Wildman–Crippen LogP) is 2.63. The van der Waals surface area contributed by atoms with Crippen LogP contribution in [0.25, 0.3) is 6.08 Å². The Morgan fingerprint density at radius 3 is 2.39 bits per heavy atom. The number of carbonyl (C=O) groups excluding carboxylic acids is 5. The highest BCUT2D eigenvalue weighted by molar-refractivity contribution is 6.30. The second-order valence-corrected chi connectivity index (χ2v) is 12.1. The van der Waals surface area contributed by atoms with Gasteiger partial charge in [-0.2, -0.15) is 0 Å². The van der Waals surface area contributed by atoms with Gasteiger partial charge in [-0.25, -0.2) is 4.39 Å². The number of amides is 4. The van der Waals surface area contributed by atoms with Gasteiger partial charge in [0.05, 0.1) is 6.04 Å². The summed E-state index contributed by atoms with van der Waals surface area (Å²) in [5.74, 6) is -3.63. The molecule has 1 aromatic carbocycles. The first-order valence-corrected chi connectivity index (χ1v) is 14.1. The van der Waals surface area contributed by atoms with Crippen molar-refractivity contribution in [2.45, 2.75) is 83.5 Å². The van der Waals surface area contributed by atoms with E-state index in [2.05, 4.69) is 21.3 Å². The second-order valence-electron chi connectivity index (χ2n) is 11.6. The number of benzene rings is 1. The third-order valence-electron chi connectivity index (χ3n) is 6.72. The summed E-state index contributed by atoms with van der Waals surface area (Å²) in [5, 5.41) is 11.2. The molecule has 41 heavy (non-hydrogen) atoms. The molecule has 4 amide bonds. The van der Waals surface area contributed by atoms with Gasteiger partial charge < -0.3 is 26.0 Å². The molecule has 1 aliphatic carbocycles. The van der Waals surface area contributed by atoms with E-state index in [1.807, 2.05) is 0 Å². The Kier molecular flexibility index (Phi) is 10.9. The molecule has 0 bridgehead atoms. The van der Waals surface area contributed by atoms with Crippen LogP contribution in [0.15, 0.2) is 24.3 Å². The number of nitrogens with one attached hydrogen (secondary N) is 4. The smallest absolute Gasteiger partial charge is 0.303 e. The van der Waals surface area contributed by atoms with Crippen molar-refractivity contribution < 1.29 is 33.1 Å². The molecule has 3 rings (SSSR count). The van der Waals surface area contributed by atoms with E-state index in [4.69, 9.17) is 16.3 Å². The highest BCUT2D eigenvalue weighted by Crippen LogP contribution is 2.33. The van der Waals surface area contributed by atoms with Gasteiger partial charge in [0, 0.05) is 41.6 Å². The zero-order valence-corrected chi connectivity index (χ0v) is 24.5. The maximum Gasteiger partial charge on any atom is 0.303 e. The Bertz CT molecular complexity index is 1200. The van der Waals surface area contributed by atoms with E-state index in [-0.39, 0.29) is 28.8 Å². The van der Waals surface area contributed by atoms with E-state index in [9.17, 15) is 28.4 Å². The number of rotatable bonds is 12. The molecule has 4 atom stereocenters. The lowest BCUT2D eigenvalue weighted by atomic mass is 9.93. The van der Waals surface area contributed by atoms with Gasteiger partial charge in [0.2, 0.25) is 17.7 Å². The molecule has 1 saturated heterocycles. The van der Waals surface area contributed by atoms with Crippen molar-refractivity contribution in [3.05, 3.63) is 40.7 Å². The van der Waals surface area contributed by atoms with E-state index in [0.29, 0.717) is 19.4 Å². The molecular formula is C29H38ClFN4O6. The Labute approximate surface area is 244 Å². The molecule has 12 heteroatoms. The normalized spacial score (nSPS) is 19.2. The van der Waals surface area contributed by atoms with Crippen LogP contribution < -0.4 is 21.3 Å². The maximum absolute atomic E-state index is 14.1. The Morgan fingerprint density at radius 2 is 1.83 bits per heavy atom. The van der Waals surface area contributed by atoms with Gasteiger partial charge in [-0.05, 0) is 64.2 Å². The lowest BCUT2D eigenvalue weighted by Crippen LogP contribution is -2.59. The summed E-state index contributed by atoms with van der Waals surface area (Å²) >= 11 is 5.78. The average molecular weight is 593 g/mol. The summed E-state index contributed by atoms with van der Waals surface area (Å²) in [7, 11) is 0. The molecule has 0 aromatic heterocycles. The van der Waals surface area contributed by atoms with Gasteiger partial charge in [0.25, 0.3) is 5.91 Å². The largest absolute Gasteiger partial charge is 0.450 e. The van der Waals surface area contributed by atoms with Crippen LogP contribution in [0, 0.1) is 17.7 Å². The van der Waals surface area contributed by atoms with Crippen LogP contribution in [0.1, 0.15) is 65.4 Å². The second kappa shape index (κ2) is 13.9. The van der Waals surface area contributed by atoms with Crippen molar-refractivity contribution in [2.24, 2.45) is 11.8 Å². The van der Waals surface area contributed by atoms with E-state index in [1.165, 1.54) is 18.2 Å². The number of halogens is 2. The summed E-state index contributed by atoms with van der Waals surface area (Å²) < 4.78 is 19.5. The zero-order chi connectivity index (χ0) is 30.3. The number of hydrogen-bond acceptors (Lipinski definition) is 6. The van der Waals surface area contributed by atoms with E-state index < -0.39 is 59.2 Å². The minimum Gasteiger partial charge on any atom is -0.450 e. The minimum absolute atomic E-state index is 0.0485. The quantitative estimate of drug-likeness (QED) is 0.217. The third kappa shape index (κ3) is 10.5. The fourth-order valence-electron chi connectivity index (χ4n) is 4.60. The molecule has 0 radical (unpaired) electrons. The number of carbonyl (C=O) groups is 5. The molecular weight excluding hydrogens is 555 g/mol. The van der Waals surface area contributed by atoms with Crippen LogP contribution in [-0.4, -0.2) is 59.9 Å². The van der Waals surface area contributed by atoms with Crippen molar-refractivity contribution >= 4 is 47.3 Å². The van der Waals surface area contributed by atoms with Crippen LogP contribution in [0.4, 0.5) is 4.39 Å². The van der Waals surface area contributed by atoms with Gasteiger partial charge in [-0.3, -0.25) is 24.0 Å². The molecule has 1 aromatic rings. The zero-order valence-electron chi connectivity index (χ0n) is 23.7. The number of ether oxygens (including phenoxy) is 1. The topological polar surface area (TPSA) is 143 Å². The maximum atomic E-state index is 14.1. The molecule has 2 aliphatic rings. The van der Waals surface area contributed by atoms with Crippen molar-refractivity contribution in [1.29, 1.82) is 0 Å². The molecule has 1 aliphatic heterocycles. The average Bonchev–Trinajstić information content (AvgIpc) is 3.59. The van der Waals surface area contributed by atoms with Crippen molar-refractivity contribution in [2.75, 3.05) is 6.54 Å². The third-order valence-corrected chi connectivity index (χ3v) is 6.95. The fourth-order valence-corrected chi connectivity index (χ4v) is 4.76. The van der Waals surface area contributed by atoms with E-state index in [1.54, 1.807) is 20.8 Å². The Balaban J connectivity index is 1.81.